The minimum Gasteiger partial charge on any atom is -0.494 e. The SMILES string of the molecule is CCOc1ccc(-c2cc(C(=O)NCc3c(C)cc(Cl)cc3Cl)c3ccccc3n2)cc1. The largest absolute Gasteiger partial charge is 0.494 e. The molecule has 0 atom stereocenters. The van der Waals surface area contributed by atoms with Crippen LogP contribution in [0, 0.1) is 6.92 Å². The molecule has 162 valence electrons. The van der Waals surface area contributed by atoms with Crippen LogP contribution < -0.4 is 10.1 Å². The number of aromatic nitrogens is 1. The number of para-hydroxylation sites is 1. The van der Waals surface area contributed by atoms with Gasteiger partial charge in [0.05, 0.1) is 23.4 Å². The normalized spacial score (nSPS) is 10.9. The Balaban J connectivity index is 1.67. The maximum absolute atomic E-state index is 13.2. The third-order valence-corrected chi connectivity index (χ3v) is 5.79. The maximum Gasteiger partial charge on any atom is 0.252 e. The van der Waals surface area contributed by atoms with Gasteiger partial charge in [0, 0.05) is 27.5 Å². The quantitative estimate of drug-likeness (QED) is 0.339. The Morgan fingerprint density at radius 2 is 1.78 bits per heavy atom. The van der Waals surface area contributed by atoms with Crippen molar-refractivity contribution in [2.75, 3.05) is 6.61 Å². The number of nitrogens with one attached hydrogen (secondary N) is 1. The molecule has 4 aromatic rings. The Kier molecular flexibility index (Phi) is 6.63. The Morgan fingerprint density at radius 3 is 2.50 bits per heavy atom. The predicted molar refractivity (Wildman–Crippen MR) is 131 cm³/mol. The van der Waals surface area contributed by atoms with Gasteiger partial charge in [-0.15, -0.1) is 0 Å². The lowest BCUT2D eigenvalue weighted by atomic mass is 10.0. The van der Waals surface area contributed by atoms with Crippen molar-refractivity contribution in [1.29, 1.82) is 0 Å². The van der Waals surface area contributed by atoms with E-state index >= 15 is 0 Å². The number of rotatable bonds is 6. The van der Waals surface area contributed by atoms with Gasteiger partial charge in [0.1, 0.15) is 5.75 Å². The molecular formula is C26H22Cl2N2O2. The number of carbonyl (C=O) groups is 1. The molecule has 1 N–H and O–H groups in total. The zero-order valence-electron chi connectivity index (χ0n) is 17.8. The van der Waals surface area contributed by atoms with Gasteiger partial charge < -0.3 is 10.1 Å². The number of hydrogen-bond acceptors (Lipinski definition) is 3. The van der Waals surface area contributed by atoms with Gasteiger partial charge in [0.25, 0.3) is 5.91 Å². The summed E-state index contributed by atoms with van der Waals surface area (Å²) in [5.41, 5.74) is 4.71. The lowest BCUT2D eigenvalue weighted by Gasteiger charge is -2.13. The Morgan fingerprint density at radius 1 is 1.03 bits per heavy atom. The fraction of sp³-hybridized carbons (Fsp3) is 0.154. The highest BCUT2D eigenvalue weighted by atomic mass is 35.5. The van der Waals surface area contributed by atoms with Gasteiger partial charge in [0.2, 0.25) is 0 Å². The fourth-order valence-electron chi connectivity index (χ4n) is 3.62. The molecule has 0 saturated heterocycles. The number of aryl methyl sites for hydroxylation is 1. The van der Waals surface area contributed by atoms with Crippen LogP contribution in [0.2, 0.25) is 10.0 Å². The first-order valence-corrected chi connectivity index (χ1v) is 11.1. The Bertz CT molecular complexity index is 1260. The average Bonchev–Trinajstić information content (AvgIpc) is 2.78. The van der Waals surface area contributed by atoms with E-state index in [1.54, 1.807) is 6.07 Å². The second kappa shape index (κ2) is 9.60. The lowest BCUT2D eigenvalue weighted by molar-refractivity contribution is 0.0952. The van der Waals surface area contributed by atoms with Gasteiger partial charge >= 0.3 is 0 Å². The Hall–Kier alpha value is -3.08. The summed E-state index contributed by atoms with van der Waals surface area (Å²) >= 11 is 12.4. The molecule has 4 nitrogen and oxygen atoms in total. The number of hydrogen-bond donors (Lipinski definition) is 1. The van der Waals surface area contributed by atoms with Gasteiger partial charge in [-0.2, -0.15) is 0 Å². The minimum absolute atomic E-state index is 0.193. The summed E-state index contributed by atoms with van der Waals surface area (Å²) in [6.45, 7) is 4.78. The number of ether oxygens (including phenoxy) is 1. The van der Waals surface area contributed by atoms with Gasteiger partial charge in [0.15, 0.2) is 0 Å². The molecule has 0 saturated carbocycles. The molecule has 0 aliphatic carbocycles. The third-order valence-electron chi connectivity index (χ3n) is 5.23. The van der Waals surface area contributed by atoms with Gasteiger partial charge in [-0.05, 0) is 73.5 Å². The molecule has 1 heterocycles. The molecule has 3 aromatic carbocycles. The molecule has 0 unspecified atom stereocenters. The highest BCUT2D eigenvalue weighted by Gasteiger charge is 2.15. The van der Waals surface area contributed by atoms with E-state index < -0.39 is 0 Å². The fourth-order valence-corrected chi connectivity index (χ4v) is 4.28. The monoisotopic (exact) mass is 464 g/mol. The summed E-state index contributed by atoms with van der Waals surface area (Å²) in [4.78, 5) is 18.0. The van der Waals surface area contributed by atoms with E-state index in [0.717, 1.165) is 39.0 Å². The molecule has 0 fully saturated rings. The summed E-state index contributed by atoms with van der Waals surface area (Å²) in [5.74, 6) is 0.603. The third kappa shape index (κ3) is 4.72. The molecule has 32 heavy (non-hydrogen) atoms. The number of fused-ring (bicyclic) bond motifs is 1. The van der Waals surface area contributed by atoms with Crippen molar-refractivity contribution >= 4 is 40.0 Å². The van der Waals surface area contributed by atoms with Crippen molar-refractivity contribution in [2.45, 2.75) is 20.4 Å². The molecule has 4 rings (SSSR count). The van der Waals surface area contributed by atoms with Crippen molar-refractivity contribution in [1.82, 2.24) is 10.3 Å². The van der Waals surface area contributed by atoms with E-state index in [-0.39, 0.29) is 5.91 Å². The second-order valence-corrected chi connectivity index (χ2v) is 8.24. The van der Waals surface area contributed by atoms with Gasteiger partial charge in [-0.3, -0.25) is 4.79 Å². The van der Waals surface area contributed by atoms with Gasteiger partial charge in [-0.1, -0.05) is 41.4 Å². The average molecular weight is 465 g/mol. The van der Waals surface area contributed by atoms with Crippen LogP contribution in [0.4, 0.5) is 0 Å². The van der Waals surface area contributed by atoms with Gasteiger partial charge in [-0.25, -0.2) is 4.98 Å². The van der Waals surface area contributed by atoms with Crippen LogP contribution >= 0.6 is 23.2 Å². The van der Waals surface area contributed by atoms with Crippen LogP contribution in [0.5, 0.6) is 5.75 Å². The zero-order chi connectivity index (χ0) is 22.7. The van der Waals surface area contributed by atoms with E-state index in [2.05, 4.69) is 5.32 Å². The topological polar surface area (TPSA) is 51.2 Å². The van der Waals surface area contributed by atoms with Crippen LogP contribution in [0.15, 0.2) is 66.7 Å². The molecule has 0 bridgehead atoms. The van der Waals surface area contributed by atoms with E-state index in [1.165, 1.54) is 0 Å². The second-order valence-electron chi connectivity index (χ2n) is 7.40. The van der Waals surface area contributed by atoms with Crippen molar-refractivity contribution in [3.05, 3.63) is 93.5 Å². The molecular weight excluding hydrogens is 443 g/mol. The summed E-state index contributed by atoms with van der Waals surface area (Å²) < 4.78 is 5.53. The van der Waals surface area contributed by atoms with Crippen molar-refractivity contribution in [3.8, 4) is 17.0 Å². The molecule has 0 radical (unpaired) electrons. The summed E-state index contributed by atoms with van der Waals surface area (Å²) in [7, 11) is 0. The number of nitrogens with zero attached hydrogens (tertiary/aromatic N) is 1. The number of amides is 1. The summed E-state index contributed by atoms with van der Waals surface area (Å²) in [6, 6.07) is 20.7. The standard InChI is InChI=1S/C26H22Cl2N2O2/c1-3-32-19-10-8-17(9-11-19)25-14-21(20-6-4-5-7-24(20)30-25)26(31)29-15-22-16(2)12-18(27)13-23(22)28/h4-14H,3,15H2,1-2H3,(H,29,31). The van der Waals surface area contributed by atoms with E-state index in [4.69, 9.17) is 32.9 Å². The highest BCUT2D eigenvalue weighted by molar-refractivity contribution is 6.35. The smallest absolute Gasteiger partial charge is 0.252 e. The van der Waals surface area contributed by atoms with Crippen LogP contribution in [0.1, 0.15) is 28.4 Å². The molecule has 0 aliphatic heterocycles. The van der Waals surface area contributed by atoms with Crippen LogP contribution in [0.3, 0.4) is 0 Å². The van der Waals surface area contributed by atoms with Crippen LogP contribution in [-0.4, -0.2) is 17.5 Å². The Labute approximate surface area is 197 Å². The molecule has 0 aliphatic rings. The molecule has 1 aromatic heterocycles. The number of carbonyl (C=O) groups excluding carboxylic acids is 1. The molecule has 1 amide bonds. The van der Waals surface area contributed by atoms with E-state index in [0.29, 0.717) is 28.8 Å². The number of halogens is 2. The lowest BCUT2D eigenvalue weighted by Crippen LogP contribution is -2.24. The van der Waals surface area contributed by atoms with Crippen LogP contribution in [-0.2, 0) is 6.54 Å². The zero-order valence-corrected chi connectivity index (χ0v) is 19.3. The summed E-state index contributed by atoms with van der Waals surface area (Å²) in [5, 5.41) is 4.89. The first-order valence-electron chi connectivity index (χ1n) is 10.3. The first-order chi connectivity index (χ1) is 15.5. The number of benzene rings is 3. The van der Waals surface area contributed by atoms with Crippen molar-refractivity contribution in [2.24, 2.45) is 0 Å². The number of pyridine rings is 1. The van der Waals surface area contributed by atoms with Crippen molar-refractivity contribution < 1.29 is 9.53 Å². The molecule has 0 spiro atoms. The predicted octanol–water partition coefficient (Wildman–Crippen LogP) is 6.85. The highest BCUT2D eigenvalue weighted by Crippen LogP contribution is 2.28. The maximum atomic E-state index is 13.2. The first kappa shape index (κ1) is 22.1. The van der Waals surface area contributed by atoms with E-state index in [1.807, 2.05) is 74.5 Å². The summed E-state index contributed by atoms with van der Waals surface area (Å²) in [6.07, 6.45) is 0. The minimum atomic E-state index is -0.193. The van der Waals surface area contributed by atoms with Crippen molar-refractivity contribution in [3.63, 3.8) is 0 Å². The molecule has 6 heteroatoms. The van der Waals surface area contributed by atoms with E-state index in [9.17, 15) is 4.79 Å². The van der Waals surface area contributed by atoms with Crippen LogP contribution in [0.25, 0.3) is 22.2 Å².